The van der Waals surface area contributed by atoms with E-state index < -0.39 is 0 Å². The molecular weight excluding hydrogens is 636 g/mol. The molecule has 0 bridgehead atoms. The minimum absolute atomic E-state index is 0.345. The van der Waals surface area contributed by atoms with Gasteiger partial charge in [-0.25, -0.2) is 0 Å². The number of carbonyl (C=O) groups is 2. The number of unbranched alkanes of at least 4 members (excludes halogenated alkanes) is 4. The van der Waals surface area contributed by atoms with Crippen molar-refractivity contribution in [1.29, 1.82) is 0 Å². The minimum Gasteiger partial charge on any atom is -0.496 e. The molecule has 0 spiro atoms. The lowest BCUT2D eigenvalue weighted by atomic mass is 9.82. The van der Waals surface area contributed by atoms with Crippen LogP contribution in [-0.4, -0.2) is 98.0 Å². The quantitative estimate of drug-likeness (QED) is 0.116. The molecule has 0 aromatic heterocycles. The van der Waals surface area contributed by atoms with Gasteiger partial charge in [-0.3, -0.25) is 19.4 Å². The largest absolute Gasteiger partial charge is 0.496 e. The average Bonchev–Trinajstić information content (AvgIpc) is 3.17. The molecule has 2 aliphatic heterocycles. The fraction of sp³-hybridized carbons (Fsp3) is 0.674. The second kappa shape index (κ2) is 22.8. The van der Waals surface area contributed by atoms with Gasteiger partial charge in [-0.2, -0.15) is 0 Å². The standard InChI is InChI=1S/C43H68N4O4/c1-5-44(34-38-17-11-13-19-40(38)50-3)27-15-7-9-21-42(48)46-29-23-36(24-30-46)33-37-25-31-47(32-26-37)43(49)22-10-8-16-28-45(6-2)35-39-18-12-14-20-41(39)51-4/h11-14,17-20,36-37H,5-10,15-16,21-35H2,1-4H3. The average molecular weight is 705 g/mol. The van der Waals surface area contributed by atoms with E-state index in [1.165, 1.54) is 17.5 Å². The third kappa shape index (κ3) is 13.8. The van der Waals surface area contributed by atoms with Gasteiger partial charge in [0.1, 0.15) is 11.5 Å². The van der Waals surface area contributed by atoms with Gasteiger partial charge >= 0.3 is 0 Å². The smallest absolute Gasteiger partial charge is 0.222 e. The number of rotatable bonds is 22. The number of benzene rings is 2. The zero-order valence-electron chi connectivity index (χ0n) is 32.5. The van der Waals surface area contributed by atoms with Crippen LogP contribution in [0.2, 0.25) is 0 Å². The Hall–Kier alpha value is -3.10. The first-order valence-corrected chi connectivity index (χ1v) is 20.2. The first-order valence-electron chi connectivity index (χ1n) is 20.2. The van der Waals surface area contributed by atoms with Gasteiger partial charge in [-0.15, -0.1) is 0 Å². The highest BCUT2D eigenvalue weighted by Crippen LogP contribution is 2.31. The van der Waals surface area contributed by atoms with Crippen LogP contribution >= 0.6 is 0 Å². The molecule has 2 saturated heterocycles. The van der Waals surface area contributed by atoms with E-state index in [9.17, 15) is 9.59 Å². The van der Waals surface area contributed by atoms with Crippen molar-refractivity contribution in [2.45, 2.75) is 110 Å². The van der Waals surface area contributed by atoms with Crippen molar-refractivity contribution in [2.75, 3.05) is 66.6 Å². The van der Waals surface area contributed by atoms with Crippen molar-refractivity contribution in [1.82, 2.24) is 19.6 Å². The van der Waals surface area contributed by atoms with Crippen LogP contribution in [0.3, 0.4) is 0 Å². The van der Waals surface area contributed by atoms with Gasteiger partial charge in [-0.05, 0) is 108 Å². The Morgan fingerprint density at radius 3 is 1.37 bits per heavy atom. The molecular formula is C43H68N4O4. The van der Waals surface area contributed by atoms with Crippen molar-refractivity contribution in [3.8, 4) is 11.5 Å². The molecule has 0 aliphatic carbocycles. The Bertz CT molecular complexity index is 1190. The summed E-state index contributed by atoms with van der Waals surface area (Å²) in [6.45, 7) is 14.0. The fourth-order valence-electron chi connectivity index (χ4n) is 8.05. The van der Waals surface area contributed by atoms with Gasteiger partial charge in [0.25, 0.3) is 0 Å². The first-order chi connectivity index (χ1) is 24.9. The van der Waals surface area contributed by atoms with Crippen LogP contribution in [0.5, 0.6) is 11.5 Å². The summed E-state index contributed by atoms with van der Waals surface area (Å²) < 4.78 is 11.1. The fourth-order valence-corrected chi connectivity index (χ4v) is 8.05. The minimum atomic E-state index is 0.345. The number of hydrogen-bond donors (Lipinski definition) is 0. The lowest BCUT2D eigenvalue weighted by molar-refractivity contribution is -0.133. The molecule has 2 aliphatic rings. The summed E-state index contributed by atoms with van der Waals surface area (Å²) in [6.07, 6.45) is 13.5. The third-order valence-electron chi connectivity index (χ3n) is 11.4. The highest BCUT2D eigenvalue weighted by atomic mass is 16.5. The SMILES string of the molecule is CCN(CCCCCC(=O)N1CCC(CC2CCN(C(=O)CCCCCN(CC)Cc3ccccc3OC)CC2)CC1)Cc1ccccc1OC. The number of likely N-dealkylation sites (tertiary alicyclic amines) is 2. The summed E-state index contributed by atoms with van der Waals surface area (Å²) in [6, 6.07) is 16.5. The zero-order chi connectivity index (χ0) is 36.3. The lowest BCUT2D eigenvalue weighted by Crippen LogP contribution is -2.41. The first kappa shape index (κ1) is 40.7. The molecule has 284 valence electrons. The maximum atomic E-state index is 13.0. The summed E-state index contributed by atoms with van der Waals surface area (Å²) in [5, 5.41) is 0. The van der Waals surface area contributed by atoms with Crippen LogP contribution in [0.15, 0.2) is 48.5 Å². The van der Waals surface area contributed by atoms with Crippen LogP contribution in [0, 0.1) is 11.8 Å². The summed E-state index contributed by atoms with van der Waals surface area (Å²) in [7, 11) is 3.47. The number of amides is 2. The third-order valence-corrected chi connectivity index (χ3v) is 11.4. The number of para-hydroxylation sites is 2. The highest BCUT2D eigenvalue weighted by molar-refractivity contribution is 5.76. The van der Waals surface area contributed by atoms with E-state index in [-0.39, 0.29) is 0 Å². The van der Waals surface area contributed by atoms with Gasteiger partial charge in [0.05, 0.1) is 14.2 Å². The molecule has 2 heterocycles. The normalized spacial score (nSPS) is 15.9. The Labute approximate surface area is 309 Å². The molecule has 0 N–H and O–H groups in total. The number of methoxy groups -OCH3 is 2. The van der Waals surface area contributed by atoms with E-state index in [4.69, 9.17) is 9.47 Å². The molecule has 0 unspecified atom stereocenters. The second-order valence-corrected chi connectivity index (χ2v) is 14.9. The van der Waals surface area contributed by atoms with E-state index in [1.54, 1.807) is 14.2 Å². The molecule has 2 aromatic carbocycles. The predicted octanol–water partition coefficient (Wildman–Crippen LogP) is 8.04. The number of piperidine rings is 2. The second-order valence-electron chi connectivity index (χ2n) is 14.9. The van der Waals surface area contributed by atoms with Gasteiger partial charge in [-0.1, -0.05) is 63.1 Å². The highest BCUT2D eigenvalue weighted by Gasteiger charge is 2.28. The Balaban J connectivity index is 1.01. The maximum absolute atomic E-state index is 13.0. The number of carbonyl (C=O) groups excluding carboxylic acids is 2. The Kier molecular flexibility index (Phi) is 18.1. The molecule has 0 atom stereocenters. The van der Waals surface area contributed by atoms with Crippen molar-refractivity contribution in [2.24, 2.45) is 11.8 Å². The van der Waals surface area contributed by atoms with Gasteiger partial charge in [0.2, 0.25) is 11.8 Å². The van der Waals surface area contributed by atoms with Crippen molar-refractivity contribution < 1.29 is 19.1 Å². The summed E-state index contributed by atoms with van der Waals surface area (Å²) in [4.78, 5) is 35.1. The number of nitrogens with zero attached hydrogens (tertiary/aromatic N) is 4. The molecule has 0 radical (unpaired) electrons. The van der Waals surface area contributed by atoms with Crippen molar-refractivity contribution in [3.63, 3.8) is 0 Å². The molecule has 2 fully saturated rings. The van der Waals surface area contributed by atoms with Crippen LogP contribution in [-0.2, 0) is 22.7 Å². The molecule has 8 nitrogen and oxygen atoms in total. The van der Waals surface area contributed by atoms with Crippen LogP contribution < -0.4 is 9.47 Å². The van der Waals surface area contributed by atoms with Crippen molar-refractivity contribution in [3.05, 3.63) is 59.7 Å². The number of ether oxygens (including phenoxy) is 2. The van der Waals surface area contributed by atoms with Crippen LogP contribution in [0.1, 0.15) is 108 Å². The van der Waals surface area contributed by atoms with Crippen LogP contribution in [0.4, 0.5) is 0 Å². The van der Waals surface area contributed by atoms with Gasteiger partial charge < -0.3 is 19.3 Å². The monoisotopic (exact) mass is 705 g/mol. The summed E-state index contributed by atoms with van der Waals surface area (Å²) in [5.41, 5.74) is 2.46. The zero-order valence-corrected chi connectivity index (χ0v) is 32.5. The van der Waals surface area contributed by atoms with E-state index in [0.29, 0.717) is 24.7 Å². The van der Waals surface area contributed by atoms with Gasteiger partial charge in [0, 0.05) is 63.2 Å². The molecule has 4 rings (SSSR count). The Morgan fingerprint density at radius 1 is 0.608 bits per heavy atom. The topological polar surface area (TPSA) is 65.6 Å². The number of hydrogen-bond acceptors (Lipinski definition) is 6. The molecule has 0 saturated carbocycles. The Morgan fingerprint density at radius 2 is 1.00 bits per heavy atom. The van der Waals surface area contributed by atoms with Crippen molar-refractivity contribution >= 4 is 11.8 Å². The lowest BCUT2D eigenvalue weighted by Gasteiger charge is -2.37. The van der Waals surface area contributed by atoms with E-state index in [1.807, 2.05) is 24.3 Å². The van der Waals surface area contributed by atoms with E-state index in [2.05, 4.69) is 57.7 Å². The molecule has 51 heavy (non-hydrogen) atoms. The summed E-state index contributed by atoms with van der Waals surface area (Å²) in [5.74, 6) is 4.04. The molecule has 8 heteroatoms. The predicted molar refractivity (Wildman–Crippen MR) is 208 cm³/mol. The van der Waals surface area contributed by atoms with Gasteiger partial charge in [0.15, 0.2) is 0 Å². The van der Waals surface area contributed by atoms with Crippen LogP contribution in [0.25, 0.3) is 0 Å². The summed E-state index contributed by atoms with van der Waals surface area (Å²) >= 11 is 0. The van der Waals surface area contributed by atoms with E-state index >= 15 is 0 Å². The maximum Gasteiger partial charge on any atom is 0.222 e. The molecule has 2 aromatic rings. The molecule has 2 amide bonds. The van der Waals surface area contributed by atoms with E-state index in [0.717, 1.165) is 153 Å².